The zero-order chi connectivity index (χ0) is 13.5. The zero-order valence-corrected chi connectivity index (χ0v) is 10.8. The summed E-state index contributed by atoms with van der Waals surface area (Å²) >= 11 is 0. The molecule has 0 saturated carbocycles. The van der Waals surface area contributed by atoms with Crippen LogP contribution in [0, 0.1) is 5.82 Å². The first-order valence-electron chi connectivity index (χ1n) is 6.57. The smallest absolute Gasteiger partial charge is 0.222 e. The van der Waals surface area contributed by atoms with Crippen LogP contribution in [0.2, 0.25) is 0 Å². The monoisotopic (exact) mass is 266 g/mol. The van der Waals surface area contributed by atoms with Gasteiger partial charge in [0.05, 0.1) is 19.1 Å². The minimum Gasteiger partial charge on any atom is -0.375 e. The molecular weight excluding hydrogens is 247 g/mol. The van der Waals surface area contributed by atoms with Crippen LogP contribution < -0.4 is 10.6 Å². The molecule has 1 aromatic rings. The summed E-state index contributed by atoms with van der Waals surface area (Å²) in [5, 5.41) is 6.04. The molecule has 1 heterocycles. The fourth-order valence-corrected chi connectivity index (χ4v) is 2.03. The highest BCUT2D eigenvalue weighted by molar-refractivity contribution is 5.76. The van der Waals surface area contributed by atoms with Gasteiger partial charge in [0.25, 0.3) is 0 Å². The molecule has 0 aliphatic carbocycles. The summed E-state index contributed by atoms with van der Waals surface area (Å²) < 4.78 is 18.2. The second kappa shape index (κ2) is 7.21. The lowest BCUT2D eigenvalue weighted by molar-refractivity contribution is -0.124. The maximum absolute atomic E-state index is 12.7. The summed E-state index contributed by atoms with van der Waals surface area (Å²) in [6.07, 6.45) is 1.06. The topological polar surface area (TPSA) is 50.4 Å². The van der Waals surface area contributed by atoms with Crippen molar-refractivity contribution < 1.29 is 13.9 Å². The Morgan fingerprint density at radius 1 is 1.42 bits per heavy atom. The Morgan fingerprint density at radius 2 is 2.21 bits per heavy atom. The molecular formula is C14H19FN2O2. The van der Waals surface area contributed by atoms with Crippen LogP contribution >= 0.6 is 0 Å². The van der Waals surface area contributed by atoms with Crippen LogP contribution in [-0.2, 0) is 16.0 Å². The molecule has 1 atom stereocenters. The number of amides is 1. The number of carbonyl (C=O) groups excluding carboxylic acids is 1. The second-order valence-corrected chi connectivity index (χ2v) is 4.63. The summed E-state index contributed by atoms with van der Waals surface area (Å²) in [7, 11) is 0. The molecule has 1 aromatic carbocycles. The fraction of sp³-hybridized carbons (Fsp3) is 0.500. The molecule has 1 fully saturated rings. The van der Waals surface area contributed by atoms with Crippen molar-refractivity contribution in [3.63, 3.8) is 0 Å². The molecule has 104 valence electrons. The van der Waals surface area contributed by atoms with E-state index in [4.69, 9.17) is 4.74 Å². The molecule has 0 aromatic heterocycles. The van der Waals surface area contributed by atoms with E-state index in [9.17, 15) is 9.18 Å². The van der Waals surface area contributed by atoms with Crippen LogP contribution in [0.5, 0.6) is 0 Å². The molecule has 19 heavy (non-hydrogen) atoms. The quantitative estimate of drug-likeness (QED) is 0.831. The summed E-state index contributed by atoms with van der Waals surface area (Å²) in [5.41, 5.74) is 1.01. The molecule has 2 N–H and O–H groups in total. The van der Waals surface area contributed by atoms with E-state index in [1.807, 2.05) is 0 Å². The first-order valence-corrected chi connectivity index (χ1v) is 6.57. The molecule has 5 heteroatoms. The van der Waals surface area contributed by atoms with E-state index in [0.29, 0.717) is 26.0 Å². The van der Waals surface area contributed by atoms with Gasteiger partial charge in [-0.3, -0.25) is 4.79 Å². The lowest BCUT2D eigenvalue weighted by atomic mass is 10.1. The molecule has 0 bridgehead atoms. The molecule has 1 aliphatic rings. The van der Waals surface area contributed by atoms with Gasteiger partial charge in [0.15, 0.2) is 0 Å². The standard InChI is InChI=1S/C14H19FN2O2/c15-12-3-1-11(2-4-12)5-6-17-14(18)9-13-10-16-7-8-19-13/h1-4,13,16H,5-10H2,(H,17,18). The lowest BCUT2D eigenvalue weighted by Gasteiger charge is -2.23. The van der Waals surface area contributed by atoms with E-state index in [0.717, 1.165) is 18.7 Å². The van der Waals surface area contributed by atoms with Gasteiger partial charge in [-0.1, -0.05) is 12.1 Å². The SMILES string of the molecule is O=C(CC1CNCCO1)NCCc1ccc(F)cc1. The largest absolute Gasteiger partial charge is 0.375 e. The Morgan fingerprint density at radius 3 is 2.89 bits per heavy atom. The third-order valence-corrected chi connectivity index (χ3v) is 3.07. The lowest BCUT2D eigenvalue weighted by Crippen LogP contribution is -2.41. The highest BCUT2D eigenvalue weighted by atomic mass is 19.1. The molecule has 1 amide bonds. The van der Waals surface area contributed by atoms with Crippen molar-refractivity contribution in [3.05, 3.63) is 35.6 Å². The highest BCUT2D eigenvalue weighted by Gasteiger charge is 2.16. The maximum Gasteiger partial charge on any atom is 0.222 e. The van der Waals surface area contributed by atoms with Crippen molar-refractivity contribution in [2.24, 2.45) is 0 Å². The number of carbonyl (C=O) groups is 1. The number of ether oxygens (including phenoxy) is 1. The van der Waals surface area contributed by atoms with Gasteiger partial charge in [0, 0.05) is 19.6 Å². The molecule has 1 aliphatic heterocycles. The summed E-state index contributed by atoms with van der Waals surface area (Å²) in [6.45, 7) is 2.80. The normalized spacial score (nSPS) is 19.1. The number of hydrogen-bond donors (Lipinski definition) is 2. The first-order chi connectivity index (χ1) is 9.24. The number of benzene rings is 1. The van der Waals surface area contributed by atoms with Crippen LogP contribution in [0.1, 0.15) is 12.0 Å². The number of halogens is 1. The van der Waals surface area contributed by atoms with Gasteiger partial charge in [0.2, 0.25) is 5.91 Å². The van der Waals surface area contributed by atoms with E-state index in [2.05, 4.69) is 10.6 Å². The zero-order valence-electron chi connectivity index (χ0n) is 10.8. The number of morpholine rings is 1. The molecule has 2 rings (SSSR count). The molecule has 0 radical (unpaired) electrons. The molecule has 1 saturated heterocycles. The van der Waals surface area contributed by atoms with Gasteiger partial charge in [0.1, 0.15) is 5.82 Å². The van der Waals surface area contributed by atoms with Crippen LogP contribution in [0.4, 0.5) is 4.39 Å². The van der Waals surface area contributed by atoms with Gasteiger partial charge >= 0.3 is 0 Å². The van der Waals surface area contributed by atoms with Gasteiger partial charge < -0.3 is 15.4 Å². The van der Waals surface area contributed by atoms with Crippen LogP contribution in [0.25, 0.3) is 0 Å². The molecule has 1 unspecified atom stereocenters. The van der Waals surface area contributed by atoms with E-state index in [1.165, 1.54) is 12.1 Å². The third kappa shape index (κ3) is 4.96. The van der Waals surface area contributed by atoms with Crippen molar-refractivity contribution >= 4 is 5.91 Å². The predicted octanol–water partition coefficient (Wildman–Crippen LogP) is 0.863. The van der Waals surface area contributed by atoms with Crippen LogP contribution in [0.15, 0.2) is 24.3 Å². The number of hydrogen-bond acceptors (Lipinski definition) is 3. The average molecular weight is 266 g/mol. The van der Waals surface area contributed by atoms with Crippen LogP contribution in [0.3, 0.4) is 0 Å². The minimum atomic E-state index is -0.241. The van der Waals surface area contributed by atoms with E-state index >= 15 is 0 Å². The number of nitrogens with one attached hydrogen (secondary N) is 2. The maximum atomic E-state index is 12.7. The van der Waals surface area contributed by atoms with Gasteiger partial charge in [-0.05, 0) is 24.1 Å². The Kier molecular flexibility index (Phi) is 5.30. The third-order valence-electron chi connectivity index (χ3n) is 3.07. The van der Waals surface area contributed by atoms with Crippen LogP contribution in [-0.4, -0.2) is 38.3 Å². The Bertz CT molecular complexity index is 402. The Hall–Kier alpha value is -1.46. The van der Waals surface area contributed by atoms with Gasteiger partial charge in [-0.15, -0.1) is 0 Å². The average Bonchev–Trinajstić information content (AvgIpc) is 2.42. The van der Waals surface area contributed by atoms with Crippen molar-refractivity contribution in [1.29, 1.82) is 0 Å². The summed E-state index contributed by atoms with van der Waals surface area (Å²) in [6, 6.07) is 6.32. The van der Waals surface area contributed by atoms with Crippen molar-refractivity contribution in [1.82, 2.24) is 10.6 Å². The van der Waals surface area contributed by atoms with E-state index in [1.54, 1.807) is 12.1 Å². The van der Waals surface area contributed by atoms with E-state index in [-0.39, 0.29) is 17.8 Å². The van der Waals surface area contributed by atoms with Crippen molar-refractivity contribution in [3.8, 4) is 0 Å². The van der Waals surface area contributed by atoms with Gasteiger partial charge in [-0.2, -0.15) is 0 Å². The minimum absolute atomic E-state index is 0.00388. The van der Waals surface area contributed by atoms with Crippen molar-refractivity contribution in [2.45, 2.75) is 18.9 Å². The first kappa shape index (κ1) is 14.0. The Labute approximate surface area is 112 Å². The molecule has 4 nitrogen and oxygen atoms in total. The molecule has 0 spiro atoms. The Balaban J connectivity index is 1.64. The summed E-state index contributed by atoms with van der Waals surface area (Å²) in [5.74, 6) is -0.245. The highest BCUT2D eigenvalue weighted by Crippen LogP contribution is 2.04. The number of rotatable bonds is 5. The summed E-state index contributed by atoms with van der Waals surface area (Å²) in [4.78, 5) is 11.7. The second-order valence-electron chi connectivity index (χ2n) is 4.63. The van der Waals surface area contributed by atoms with E-state index < -0.39 is 0 Å². The predicted molar refractivity (Wildman–Crippen MR) is 70.3 cm³/mol. The van der Waals surface area contributed by atoms with Gasteiger partial charge in [-0.25, -0.2) is 4.39 Å². The fourth-order valence-electron chi connectivity index (χ4n) is 2.03. The van der Waals surface area contributed by atoms with Crippen molar-refractivity contribution in [2.75, 3.05) is 26.2 Å².